The summed E-state index contributed by atoms with van der Waals surface area (Å²) in [5.41, 5.74) is 2.02. The first-order valence-corrected chi connectivity index (χ1v) is 7.52. The van der Waals surface area contributed by atoms with Crippen molar-refractivity contribution >= 4 is 22.9 Å². The number of aryl methyl sites for hydroxylation is 1. The van der Waals surface area contributed by atoms with Crippen LogP contribution < -0.4 is 10.2 Å². The lowest BCUT2D eigenvalue weighted by molar-refractivity contribution is 0.421. The molecule has 0 atom stereocenters. The first kappa shape index (κ1) is 13.9. The van der Waals surface area contributed by atoms with Gasteiger partial charge in [-0.15, -0.1) is 5.10 Å². The van der Waals surface area contributed by atoms with E-state index >= 15 is 0 Å². The molecule has 1 saturated heterocycles. The molecule has 0 unspecified atom stereocenters. The van der Waals surface area contributed by atoms with Gasteiger partial charge in [-0.25, -0.2) is 4.39 Å². The Kier molecular flexibility index (Phi) is 3.33. The summed E-state index contributed by atoms with van der Waals surface area (Å²) in [4.78, 5) is 6.47. The van der Waals surface area contributed by atoms with Gasteiger partial charge in [-0.1, -0.05) is 0 Å². The number of nitrogens with one attached hydrogen (secondary N) is 1. The summed E-state index contributed by atoms with van der Waals surface area (Å²) >= 11 is 0. The van der Waals surface area contributed by atoms with Crippen LogP contribution in [0.5, 0.6) is 0 Å². The van der Waals surface area contributed by atoms with Gasteiger partial charge >= 0.3 is 0 Å². The van der Waals surface area contributed by atoms with Gasteiger partial charge in [-0.3, -0.25) is 0 Å². The molecule has 1 aromatic carbocycles. The molecule has 0 saturated carbocycles. The van der Waals surface area contributed by atoms with Gasteiger partial charge in [-0.2, -0.15) is 10.1 Å². The summed E-state index contributed by atoms with van der Waals surface area (Å²) in [5.74, 6) is 1.07. The number of hydrogen-bond donors (Lipinski definition) is 1. The molecule has 3 aromatic rings. The number of halogens is 1. The zero-order chi connectivity index (χ0) is 15.8. The van der Waals surface area contributed by atoms with Gasteiger partial charge in [0.05, 0.1) is 5.69 Å². The van der Waals surface area contributed by atoms with Crippen LogP contribution in [-0.4, -0.2) is 34.8 Å². The van der Waals surface area contributed by atoms with E-state index in [0.29, 0.717) is 23.0 Å². The van der Waals surface area contributed by atoms with Crippen molar-refractivity contribution in [2.24, 2.45) is 5.92 Å². The molecule has 2 aromatic heterocycles. The van der Waals surface area contributed by atoms with Gasteiger partial charge in [0, 0.05) is 31.6 Å². The highest BCUT2D eigenvalue weighted by molar-refractivity contribution is 5.74. The molecular formula is C16H16FN5O. The normalized spacial score (nSPS) is 15.0. The van der Waals surface area contributed by atoms with E-state index in [1.54, 1.807) is 6.07 Å². The first-order chi connectivity index (χ1) is 11.2. The minimum absolute atomic E-state index is 0.325. The van der Waals surface area contributed by atoms with E-state index in [2.05, 4.69) is 25.4 Å². The van der Waals surface area contributed by atoms with Gasteiger partial charge in [0.15, 0.2) is 11.4 Å². The quantitative estimate of drug-likeness (QED) is 0.798. The molecule has 0 spiro atoms. The Hall–Kier alpha value is -2.70. The Labute approximate surface area is 132 Å². The number of anilines is 2. The van der Waals surface area contributed by atoms with Crippen LogP contribution >= 0.6 is 0 Å². The highest BCUT2D eigenvalue weighted by Gasteiger charge is 2.28. The van der Waals surface area contributed by atoms with E-state index in [4.69, 9.17) is 4.42 Å². The highest BCUT2D eigenvalue weighted by Crippen LogP contribution is 2.24. The SMILES string of the molecule is Cc1ccc(N2CC(CNc3nc4ccc(F)cc4o3)C2)nn1. The Morgan fingerprint density at radius 1 is 1.26 bits per heavy atom. The molecule has 7 heteroatoms. The van der Waals surface area contributed by atoms with E-state index in [1.165, 1.54) is 12.1 Å². The minimum Gasteiger partial charge on any atom is -0.423 e. The molecule has 23 heavy (non-hydrogen) atoms. The third-order valence-electron chi connectivity index (χ3n) is 3.96. The Bertz CT molecular complexity index is 826. The second kappa shape index (κ2) is 5.49. The number of nitrogens with zero attached hydrogens (tertiary/aromatic N) is 4. The van der Waals surface area contributed by atoms with Gasteiger partial charge in [0.25, 0.3) is 6.01 Å². The van der Waals surface area contributed by atoms with Crippen molar-refractivity contribution in [2.45, 2.75) is 6.92 Å². The highest BCUT2D eigenvalue weighted by atomic mass is 19.1. The van der Waals surface area contributed by atoms with Crippen molar-refractivity contribution in [2.75, 3.05) is 29.9 Å². The number of oxazole rings is 1. The molecule has 6 nitrogen and oxygen atoms in total. The zero-order valence-electron chi connectivity index (χ0n) is 12.7. The lowest BCUT2D eigenvalue weighted by Gasteiger charge is -2.39. The van der Waals surface area contributed by atoms with Crippen molar-refractivity contribution < 1.29 is 8.81 Å². The van der Waals surface area contributed by atoms with E-state index in [1.807, 2.05) is 19.1 Å². The molecule has 1 aliphatic heterocycles. The standard InChI is InChI=1S/C16H16FN5O/c1-10-2-5-15(21-20-10)22-8-11(9-22)7-18-16-19-13-4-3-12(17)6-14(13)23-16/h2-6,11H,7-9H2,1H3,(H,18,19). The molecule has 1 aliphatic rings. The first-order valence-electron chi connectivity index (χ1n) is 7.52. The molecule has 0 bridgehead atoms. The maximum atomic E-state index is 13.1. The molecule has 0 radical (unpaired) electrons. The average molecular weight is 313 g/mol. The summed E-state index contributed by atoms with van der Waals surface area (Å²) in [7, 11) is 0. The van der Waals surface area contributed by atoms with Crippen molar-refractivity contribution in [1.29, 1.82) is 0 Å². The summed E-state index contributed by atoms with van der Waals surface area (Å²) in [6, 6.07) is 8.71. The second-order valence-electron chi connectivity index (χ2n) is 5.82. The van der Waals surface area contributed by atoms with E-state index in [9.17, 15) is 4.39 Å². The summed E-state index contributed by atoms with van der Waals surface area (Å²) in [6.07, 6.45) is 0. The Morgan fingerprint density at radius 3 is 2.91 bits per heavy atom. The maximum absolute atomic E-state index is 13.1. The third kappa shape index (κ3) is 2.81. The van der Waals surface area contributed by atoms with Crippen LogP contribution in [0.1, 0.15) is 5.69 Å². The lowest BCUT2D eigenvalue weighted by atomic mass is 10.0. The Balaban J connectivity index is 1.32. The summed E-state index contributed by atoms with van der Waals surface area (Å²) < 4.78 is 18.6. The van der Waals surface area contributed by atoms with Crippen molar-refractivity contribution in [3.63, 3.8) is 0 Å². The number of hydrogen-bond acceptors (Lipinski definition) is 6. The van der Waals surface area contributed by atoms with Gasteiger partial charge < -0.3 is 14.6 Å². The fourth-order valence-electron chi connectivity index (χ4n) is 2.65. The van der Waals surface area contributed by atoms with Crippen LogP contribution in [0.4, 0.5) is 16.2 Å². The van der Waals surface area contributed by atoms with Crippen LogP contribution in [0.25, 0.3) is 11.1 Å². The van der Waals surface area contributed by atoms with Crippen molar-refractivity contribution in [1.82, 2.24) is 15.2 Å². The number of rotatable bonds is 4. The number of aromatic nitrogens is 3. The second-order valence-corrected chi connectivity index (χ2v) is 5.82. The van der Waals surface area contributed by atoms with Gasteiger partial charge in [0.1, 0.15) is 11.3 Å². The zero-order valence-corrected chi connectivity index (χ0v) is 12.7. The predicted molar refractivity (Wildman–Crippen MR) is 84.9 cm³/mol. The van der Waals surface area contributed by atoms with Crippen LogP contribution in [0.15, 0.2) is 34.7 Å². The topological polar surface area (TPSA) is 67.1 Å². The fourth-order valence-corrected chi connectivity index (χ4v) is 2.65. The van der Waals surface area contributed by atoms with E-state index in [-0.39, 0.29) is 5.82 Å². The molecule has 4 rings (SSSR count). The Morgan fingerprint density at radius 2 is 2.13 bits per heavy atom. The van der Waals surface area contributed by atoms with E-state index < -0.39 is 0 Å². The fraction of sp³-hybridized carbons (Fsp3) is 0.312. The summed E-state index contributed by atoms with van der Waals surface area (Å²) in [6.45, 7) is 4.51. The largest absolute Gasteiger partial charge is 0.423 e. The smallest absolute Gasteiger partial charge is 0.295 e. The summed E-state index contributed by atoms with van der Waals surface area (Å²) in [5, 5.41) is 11.4. The minimum atomic E-state index is -0.325. The predicted octanol–water partition coefficient (Wildman–Crippen LogP) is 2.61. The van der Waals surface area contributed by atoms with Crippen molar-refractivity contribution in [3.05, 3.63) is 41.8 Å². The van der Waals surface area contributed by atoms with Crippen molar-refractivity contribution in [3.8, 4) is 0 Å². The van der Waals surface area contributed by atoms with Gasteiger partial charge in [0.2, 0.25) is 0 Å². The molecular weight excluding hydrogens is 297 g/mol. The molecule has 1 fully saturated rings. The third-order valence-corrected chi connectivity index (χ3v) is 3.96. The van der Waals surface area contributed by atoms with Crippen LogP contribution in [-0.2, 0) is 0 Å². The number of benzene rings is 1. The molecule has 3 heterocycles. The monoisotopic (exact) mass is 313 g/mol. The number of fused-ring (bicyclic) bond motifs is 1. The van der Waals surface area contributed by atoms with Crippen LogP contribution in [0, 0.1) is 18.7 Å². The molecule has 0 amide bonds. The maximum Gasteiger partial charge on any atom is 0.295 e. The lowest BCUT2D eigenvalue weighted by Crippen LogP contribution is -2.50. The molecule has 0 aliphatic carbocycles. The average Bonchev–Trinajstić information content (AvgIpc) is 2.89. The van der Waals surface area contributed by atoms with Crippen LogP contribution in [0.3, 0.4) is 0 Å². The molecule has 1 N–H and O–H groups in total. The van der Waals surface area contributed by atoms with Gasteiger partial charge in [-0.05, 0) is 31.2 Å². The molecule has 118 valence electrons. The van der Waals surface area contributed by atoms with E-state index in [0.717, 1.165) is 31.1 Å². The van der Waals surface area contributed by atoms with Crippen LogP contribution in [0.2, 0.25) is 0 Å².